The quantitative estimate of drug-likeness (QED) is 0.530. The van der Waals surface area contributed by atoms with Crippen LogP contribution in [-0.2, 0) is 0 Å². The number of benzene rings is 1. The predicted octanol–water partition coefficient (Wildman–Crippen LogP) is 2.99. The molecule has 1 aliphatic rings. The minimum atomic E-state index is -0.0634. The number of carbonyl (C=O) groups is 1. The third kappa shape index (κ3) is 6.28. The average molecular weight is 466 g/mol. The van der Waals surface area contributed by atoms with E-state index in [-0.39, 0.29) is 5.91 Å². The summed E-state index contributed by atoms with van der Waals surface area (Å²) in [5, 5.41) is 7.07. The summed E-state index contributed by atoms with van der Waals surface area (Å²) >= 11 is 1.54. The number of likely N-dealkylation sites (N-methyl/N-ethyl adjacent to an activating group) is 2. The Morgan fingerprint density at radius 2 is 1.94 bits per heavy atom. The Bertz CT molecular complexity index is 1080. The first-order chi connectivity index (χ1) is 16.0. The van der Waals surface area contributed by atoms with Crippen molar-refractivity contribution < 1.29 is 4.79 Å². The number of piperazine rings is 1. The van der Waals surface area contributed by atoms with Gasteiger partial charge in [0.05, 0.1) is 4.88 Å². The molecule has 0 saturated carbocycles. The van der Waals surface area contributed by atoms with Gasteiger partial charge in [0, 0.05) is 69.0 Å². The van der Waals surface area contributed by atoms with Crippen molar-refractivity contribution in [1.29, 1.82) is 0 Å². The van der Waals surface area contributed by atoms with Crippen LogP contribution in [0.3, 0.4) is 0 Å². The molecule has 33 heavy (non-hydrogen) atoms. The lowest BCUT2D eigenvalue weighted by Crippen LogP contribution is -2.44. The van der Waals surface area contributed by atoms with Gasteiger partial charge < -0.3 is 25.3 Å². The van der Waals surface area contributed by atoms with E-state index < -0.39 is 0 Å². The van der Waals surface area contributed by atoms with Crippen molar-refractivity contribution in [3.8, 4) is 10.4 Å². The minimum absolute atomic E-state index is 0.0634. The predicted molar refractivity (Wildman–Crippen MR) is 136 cm³/mol. The third-order valence-electron chi connectivity index (χ3n) is 5.61. The monoisotopic (exact) mass is 465 g/mol. The number of anilines is 3. The maximum Gasteiger partial charge on any atom is 0.251 e. The van der Waals surface area contributed by atoms with Crippen molar-refractivity contribution in [2.75, 3.05) is 70.6 Å². The zero-order valence-electron chi connectivity index (χ0n) is 19.4. The van der Waals surface area contributed by atoms with E-state index in [0.717, 1.165) is 54.1 Å². The summed E-state index contributed by atoms with van der Waals surface area (Å²) in [6.45, 7) is 5.58. The number of pyridine rings is 1. The van der Waals surface area contributed by atoms with E-state index >= 15 is 0 Å². The van der Waals surface area contributed by atoms with Crippen LogP contribution in [0.2, 0.25) is 0 Å². The Balaban J connectivity index is 1.41. The lowest BCUT2D eigenvalue weighted by atomic mass is 10.1. The molecule has 1 aliphatic heterocycles. The standard InChI is InChI=1S/C24H31N7OS/c1-29(2)10-9-26-23(32)19-6-4-5-18(15-19)21-17-27-24(33-21)28-22-16-20(7-8-25-22)31-13-11-30(3)12-14-31/h4-8,15-17H,9-14H2,1-3H3,(H,26,32)(H,25,27,28). The number of amides is 1. The van der Waals surface area contributed by atoms with E-state index in [1.807, 2.05) is 55.7 Å². The molecule has 2 aromatic heterocycles. The molecule has 174 valence electrons. The van der Waals surface area contributed by atoms with Crippen molar-refractivity contribution in [2.24, 2.45) is 0 Å². The molecule has 4 rings (SSSR count). The molecule has 0 aliphatic carbocycles. The SMILES string of the molecule is CN(C)CCNC(=O)c1cccc(-c2cnc(Nc3cc(N4CCN(C)CC4)ccn3)s2)c1. The van der Waals surface area contributed by atoms with Crippen LogP contribution in [0.25, 0.3) is 10.4 Å². The number of carbonyl (C=O) groups excluding carboxylic acids is 1. The second kappa shape index (κ2) is 10.7. The molecule has 1 aromatic carbocycles. The number of aromatic nitrogens is 2. The van der Waals surface area contributed by atoms with Crippen LogP contribution < -0.4 is 15.5 Å². The van der Waals surface area contributed by atoms with Gasteiger partial charge in [-0.2, -0.15) is 0 Å². The van der Waals surface area contributed by atoms with Gasteiger partial charge in [0.25, 0.3) is 5.91 Å². The second-order valence-electron chi connectivity index (χ2n) is 8.48. The molecule has 8 nitrogen and oxygen atoms in total. The molecule has 1 saturated heterocycles. The molecule has 0 atom stereocenters. The molecule has 1 amide bonds. The number of nitrogens with one attached hydrogen (secondary N) is 2. The van der Waals surface area contributed by atoms with Crippen LogP contribution >= 0.6 is 11.3 Å². The third-order valence-corrected chi connectivity index (χ3v) is 6.57. The number of nitrogens with zero attached hydrogens (tertiary/aromatic N) is 5. The average Bonchev–Trinajstić information content (AvgIpc) is 3.28. The van der Waals surface area contributed by atoms with Crippen LogP contribution in [-0.4, -0.2) is 86.1 Å². The van der Waals surface area contributed by atoms with Crippen LogP contribution in [0, 0.1) is 0 Å². The summed E-state index contributed by atoms with van der Waals surface area (Å²) in [4.78, 5) is 29.2. The molecule has 2 N–H and O–H groups in total. The molecule has 9 heteroatoms. The zero-order valence-corrected chi connectivity index (χ0v) is 20.2. The molecular weight excluding hydrogens is 434 g/mol. The number of hydrogen-bond acceptors (Lipinski definition) is 8. The van der Waals surface area contributed by atoms with E-state index in [2.05, 4.69) is 49.6 Å². The van der Waals surface area contributed by atoms with Crippen LogP contribution in [0.15, 0.2) is 48.8 Å². The number of hydrogen-bond donors (Lipinski definition) is 2. The van der Waals surface area contributed by atoms with Gasteiger partial charge in [-0.1, -0.05) is 23.5 Å². The highest BCUT2D eigenvalue weighted by Gasteiger charge is 2.15. The minimum Gasteiger partial charge on any atom is -0.369 e. The Labute approximate surface area is 199 Å². The first-order valence-electron chi connectivity index (χ1n) is 11.1. The smallest absolute Gasteiger partial charge is 0.251 e. The summed E-state index contributed by atoms with van der Waals surface area (Å²) in [6.07, 6.45) is 3.67. The van der Waals surface area contributed by atoms with Crippen molar-refractivity contribution >= 4 is 33.9 Å². The zero-order chi connectivity index (χ0) is 23.2. The van der Waals surface area contributed by atoms with Crippen LogP contribution in [0.5, 0.6) is 0 Å². The van der Waals surface area contributed by atoms with Gasteiger partial charge in [0.15, 0.2) is 5.13 Å². The molecule has 0 spiro atoms. The molecule has 0 unspecified atom stereocenters. The molecule has 3 heterocycles. The van der Waals surface area contributed by atoms with Crippen LogP contribution in [0.1, 0.15) is 10.4 Å². The van der Waals surface area contributed by atoms with Gasteiger partial charge in [-0.05, 0) is 44.9 Å². The Morgan fingerprint density at radius 3 is 2.73 bits per heavy atom. The lowest BCUT2D eigenvalue weighted by molar-refractivity contribution is 0.0951. The van der Waals surface area contributed by atoms with E-state index in [1.54, 1.807) is 11.3 Å². The summed E-state index contributed by atoms with van der Waals surface area (Å²) in [7, 11) is 6.13. The fourth-order valence-corrected chi connectivity index (χ4v) is 4.45. The molecule has 1 fully saturated rings. The van der Waals surface area contributed by atoms with Gasteiger partial charge in [0.2, 0.25) is 0 Å². The first kappa shape index (κ1) is 23.2. The van der Waals surface area contributed by atoms with Crippen molar-refractivity contribution in [2.45, 2.75) is 0 Å². The van der Waals surface area contributed by atoms with E-state index in [0.29, 0.717) is 12.1 Å². The lowest BCUT2D eigenvalue weighted by Gasteiger charge is -2.34. The highest BCUT2D eigenvalue weighted by Crippen LogP contribution is 2.31. The highest BCUT2D eigenvalue weighted by molar-refractivity contribution is 7.18. The van der Waals surface area contributed by atoms with Gasteiger partial charge in [-0.25, -0.2) is 9.97 Å². The molecule has 0 radical (unpaired) electrons. The normalized spacial score (nSPS) is 14.5. The maximum absolute atomic E-state index is 12.5. The second-order valence-corrected chi connectivity index (χ2v) is 9.51. The summed E-state index contributed by atoms with van der Waals surface area (Å²) in [5.41, 5.74) is 2.79. The largest absolute Gasteiger partial charge is 0.369 e. The number of thiazole rings is 1. The Kier molecular flexibility index (Phi) is 7.54. The van der Waals surface area contributed by atoms with Gasteiger partial charge in [-0.15, -0.1) is 0 Å². The summed E-state index contributed by atoms with van der Waals surface area (Å²) < 4.78 is 0. The van der Waals surface area contributed by atoms with E-state index in [4.69, 9.17) is 0 Å². The maximum atomic E-state index is 12.5. The van der Waals surface area contributed by atoms with Crippen LogP contribution in [0.4, 0.5) is 16.6 Å². The Hall–Kier alpha value is -3.01. The van der Waals surface area contributed by atoms with E-state index in [9.17, 15) is 4.79 Å². The van der Waals surface area contributed by atoms with Crippen molar-refractivity contribution in [1.82, 2.24) is 25.1 Å². The van der Waals surface area contributed by atoms with Gasteiger partial charge in [-0.3, -0.25) is 4.79 Å². The fourth-order valence-electron chi connectivity index (χ4n) is 3.63. The van der Waals surface area contributed by atoms with Crippen molar-refractivity contribution in [3.05, 3.63) is 54.4 Å². The molecule has 3 aromatic rings. The molecule has 0 bridgehead atoms. The summed E-state index contributed by atoms with van der Waals surface area (Å²) in [6, 6.07) is 11.8. The van der Waals surface area contributed by atoms with Crippen molar-refractivity contribution in [3.63, 3.8) is 0 Å². The van der Waals surface area contributed by atoms with Gasteiger partial charge >= 0.3 is 0 Å². The summed E-state index contributed by atoms with van der Waals surface area (Å²) in [5.74, 6) is 0.716. The van der Waals surface area contributed by atoms with Gasteiger partial charge in [0.1, 0.15) is 5.82 Å². The first-order valence-corrected chi connectivity index (χ1v) is 12.0. The van der Waals surface area contributed by atoms with E-state index in [1.165, 1.54) is 5.69 Å². The Morgan fingerprint density at radius 1 is 1.12 bits per heavy atom. The fraction of sp³-hybridized carbons (Fsp3) is 0.375. The highest BCUT2D eigenvalue weighted by atomic mass is 32.1. The topological polar surface area (TPSA) is 76.6 Å². The molecular formula is C24H31N7OS. The number of rotatable bonds is 8.